The molecule has 2 aliphatic rings. The first-order valence-corrected chi connectivity index (χ1v) is 10.3. The lowest BCUT2D eigenvalue weighted by atomic mass is 9.87. The number of hydrogen-bond donors (Lipinski definition) is 0. The number of benzene rings is 3. The molecular weight excluding hydrogens is 342 g/mol. The molecule has 1 fully saturated rings. The van der Waals surface area contributed by atoms with Crippen LogP contribution >= 0.6 is 0 Å². The molecule has 1 aliphatic heterocycles. The van der Waals surface area contributed by atoms with Gasteiger partial charge >= 0.3 is 0 Å². The van der Waals surface area contributed by atoms with Gasteiger partial charge in [0.2, 0.25) is 0 Å². The fourth-order valence-corrected chi connectivity index (χ4v) is 5.08. The highest BCUT2D eigenvalue weighted by Gasteiger charge is 2.50. The molecule has 0 aromatic heterocycles. The van der Waals surface area contributed by atoms with E-state index in [0.717, 1.165) is 12.8 Å². The van der Waals surface area contributed by atoms with Crippen LogP contribution in [0.5, 0.6) is 0 Å². The maximum absolute atomic E-state index is 6.70. The molecule has 0 unspecified atom stereocenters. The van der Waals surface area contributed by atoms with Crippen LogP contribution in [0.15, 0.2) is 78.9 Å². The summed E-state index contributed by atoms with van der Waals surface area (Å²) in [6, 6.07) is 28.1. The average molecular weight is 370 g/mol. The van der Waals surface area contributed by atoms with Crippen molar-refractivity contribution in [3.8, 4) is 0 Å². The van der Waals surface area contributed by atoms with Gasteiger partial charge in [-0.1, -0.05) is 55.3 Å². The molecule has 5 rings (SSSR count). The van der Waals surface area contributed by atoms with E-state index in [1.54, 1.807) is 0 Å². The summed E-state index contributed by atoms with van der Waals surface area (Å²) in [7, 11) is 0. The molecule has 1 aliphatic carbocycles. The molecule has 0 bridgehead atoms. The van der Waals surface area contributed by atoms with Crippen LogP contribution in [-0.2, 0) is 15.9 Å². The summed E-state index contributed by atoms with van der Waals surface area (Å²) >= 11 is 0. The minimum Gasteiger partial charge on any atom is -0.360 e. The quantitative estimate of drug-likeness (QED) is 0.484. The number of anilines is 3. The molecule has 28 heavy (non-hydrogen) atoms. The first kappa shape index (κ1) is 17.5. The Morgan fingerprint density at radius 1 is 0.679 bits per heavy atom. The van der Waals surface area contributed by atoms with Crippen LogP contribution in [0.1, 0.15) is 50.7 Å². The first-order chi connectivity index (χ1) is 13.6. The normalized spacial score (nSPS) is 18.9. The number of fused-ring (bicyclic) bond motifs is 2. The maximum Gasteiger partial charge on any atom is 0.0946 e. The summed E-state index contributed by atoms with van der Waals surface area (Å²) in [6.07, 6.45) is 4.81. The van der Waals surface area contributed by atoms with Crippen LogP contribution in [0.2, 0.25) is 0 Å². The summed E-state index contributed by atoms with van der Waals surface area (Å²) in [6.45, 7) is 4.44. The Labute approximate surface area is 167 Å². The molecule has 0 amide bonds. The van der Waals surface area contributed by atoms with Gasteiger partial charge in [-0.25, -0.2) is 0 Å². The van der Waals surface area contributed by atoms with Crippen LogP contribution in [0.4, 0.5) is 17.1 Å². The predicted octanol–water partition coefficient (Wildman–Crippen LogP) is 7.19. The van der Waals surface area contributed by atoms with Gasteiger partial charge in [0.15, 0.2) is 0 Å². The minimum atomic E-state index is -0.255. The van der Waals surface area contributed by atoms with Gasteiger partial charge < -0.3 is 9.64 Å². The third-order valence-corrected chi connectivity index (χ3v) is 6.29. The molecule has 142 valence electrons. The monoisotopic (exact) mass is 369 g/mol. The van der Waals surface area contributed by atoms with Crippen molar-refractivity contribution in [3.63, 3.8) is 0 Å². The van der Waals surface area contributed by atoms with Crippen LogP contribution in [0.25, 0.3) is 0 Å². The van der Waals surface area contributed by atoms with E-state index in [9.17, 15) is 0 Å². The Kier molecular flexibility index (Phi) is 4.06. The second-order valence-corrected chi connectivity index (χ2v) is 8.55. The zero-order valence-electron chi connectivity index (χ0n) is 16.7. The Bertz CT molecular complexity index is 932. The van der Waals surface area contributed by atoms with Crippen LogP contribution in [0.3, 0.4) is 0 Å². The zero-order chi connectivity index (χ0) is 19.2. The topological polar surface area (TPSA) is 12.5 Å². The molecule has 3 aromatic rings. The molecule has 0 saturated heterocycles. The Balaban J connectivity index is 1.66. The summed E-state index contributed by atoms with van der Waals surface area (Å²) in [5.74, 6) is 0. The van der Waals surface area contributed by atoms with Gasteiger partial charge in [-0.05, 0) is 74.2 Å². The fourth-order valence-electron chi connectivity index (χ4n) is 5.08. The van der Waals surface area contributed by atoms with Crippen molar-refractivity contribution in [2.75, 3.05) is 4.90 Å². The number of hydrogen-bond acceptors (Lipinski definition) is 2. The lowest BCUT2D eigenvalue weighted by Crippen LogP contribution is -2.25. The molecule has 2 heteroatoms. The lowest BCUT2D eigenvalue weighted by molar-refractivity contribution is -0.122. The summed E-state index contributed by atoms with van der Waals surface area (Å²) in [5.41, 5.74) is 5.93. The summed E-state index contributed by atoms with van der Waals surface area (Å²) in [5, 5.41) is 0. The molecule has 0 atom stereocenters. The van der Waals surface area contributed by atoms with E-state index in [4.69, 9.17) is 4.74 Å². The third kappa shape index (κ3) is 2.75. The number of ether oxygens (including phenoxy) is 1. The molecule has 1 spiro atoms. The van der Waals surface area contributed by atoms with Gasteiger partial charge in [0, 0.05) is 17.1 Å². The van der Waals surface area contributed by atoms with Crippen LogP contribution in [0, 0.1) is 0 Å². The second kappa shape index (κ2) is 6.49. The SMILES string of the molecule is CC1(C)OC2(CCCC2)c2ccc(N(c3ccccc3)c3ccccc3)cc21. The molecular formula is C26H27NO. The van der Waals surface area contributed by atoms with Crippen molar-refractivity contribution in [2.45, 2.75) is 50.7 Å². The van der Waals surface area contributed by atoms with Gasteiger partial charge in [0.25, 0.3) is 0 Å². The van der Waals surface area contributed by atoms with Gasteiger partial charge in [0.05, 0.1) is 11.2 Å². The summed E-state index contributed by atoms with van der Waals surface area (Å²) < 4.78 is 6.70. The van der Waals surface area contributed by atoms with E-state index >= 15 is 0 Å². The van der Waals surface area contributed by atoms with E-state index in [-0.39, 0.29) is 11.2 Å². The largest absolute Gasteiger partial charge is 0.360 e. The zero-order valence-corrected chi connectivity index (χ0v) is 16.7. The van der Waals surface area contributed by atoms with E-state index in [2.05, 4.69) is 97.6 Å². The highest BCUT2D eigenvalue weighted by Crippen LogP contribution is 2.55. The highest BCUT2D eigenvalue weighted by atomic mass is 16.5. The summed E-state index contributed by atoms with van der Waals surface area (Å²) in [4.78, 5) is 2.33. The van der Waals surface area contributed by atoms with Crippen molar-refractivity contribution < 1.29 is 4.74 Å². The number of nitrogens with zero attached hydrogens (tertiary/aromatic N) is 1. The first-order valence-electron chi connectivity index (χ1n) is 10.3. The highest BCUT2D eigenvalue weighted by molar-refractivity contribution is 5.77. The van der Waals surface area contributed by atoms with Crippen molar-refractivity contribution in [2.24, 2.45) is 0 Å². The third-order valence-electron chi connectivity index (χ3n) is 6.29. The van der Waals surface area contributed by atoms with E-state index in [0.29, 0.717) is 0 Å². The van der Waals surface area contributed by atoms with E-state index < -0.39 is 0 Å². The fraction of sp³-hybridized carbons (Fsp3) is 0.308. The van der Waals surface area contributed by atoms with Gasteiger partial charge in [-0.15, -0.1) is 0 Å². The van der Waals surface area contributed by atoms with Crippen molar-refractivity contribution in [3.05, 3.63) is 90.0 Å². The van der Waals surface area contributed by atoms with Gasteiger partial charge in [-0.2, -0.15) is 0 Å². The Morgan fingerprint density at radius 2 is 1.25 bits per heavy atom. The average Bonchev–Trinajstić information content (AvgIpc) is 3.26. The van der Waals surface area contributed by atoms with Gasteiger partial charge in [0.1, 0.15) is 0 Å². The van der Waals surface area contributed by atoms with Gasteiger partial charge in [-0.3, -0.25) is 0 Å². The molecule has 3 aromatic carbocycles. The van der Waals surface area contributed by atoms with Crippen molar-refractivity contribution in [1.29, 1.82) is 0 Å². The van der Waals surface area contributed by atoms with E-state index in [1.807, 2.05) is 0 Å². The molecule has 0 radical (unpaired) electrons. The van der Waals surface area contributed by atoms with Crippen LogP contribution in [-0.4, -0.2) is 0 Å². The number of para-hydroxylation sites is 2. The van der Waals surface area contributed by atoms with Crippen molar-refractivity contribution in [1.82, 2.24) is 0 Å². The Morgan fingerprint density at radius 3 is 1.82 bits per heavy atom. The second-order valence-electron chi connectivity index (χ2n) is 8.55. The van der Waals surface area contributed by atoms with Crippen molar-refractivity contribution >= 4 is 17.1 Å². The molecule has 1 heterocycles. The molecule has 2 nitrogen and oxygen atoms in total. The minimum absolute atomic E-state index is 0.0678. The Hall–Kier alpha value is -2.58. The smallest absolute Gasteiger partial charge is 0.0946 e. The van der Waals surface area contributed by atoms with E-state index in [1.165, 1.54) is 41.0 Å². The molecule has 1 saturated carbocycles. The standard InChI is InChI=1S/C26H27NO/c1-25(2)24-19-22(15-16-23(24)26(28-25)17-9-10-18-26)27(20-11-5-3-6-12-20)21-13-7-4-8-14-21/h3-8,11-16,19H,9-10,17-18H2,1-2H3. The molecule has 0 N–H and O–H groups in total. The maximum atomic E-state index is 6.70. The lowest BCUT2D eigenvalue weighted by Gasteiger charge is -2.28. The predicted molar refractivity (Wildman–Crippen MR) is 115 cm³/mol. The number of rotatable bonds is 3. The van der Waals surface area contributed by atoms with Crippen LogP contribution < -0.4 is 4.90 Å².